The predicted molar refractivity (Wildman–Crippen MR) is 25.4 cm³/mol. The fourth-order valence-corrected chi connectivity index (χ4v) is 0. The summed E-state index contributed by atoms with van der Waals surface area (Å²) in [7, 11) is 0.718. The summed E-state index contributed by atoms with van der Waals surface area (Å²) in [5, 5.41) is 0. The molecule has 4 heavy (non-hydrogen) atoms. The molecular weight excluding hydrogens is 155 g/mol. The molecule has 0 aromatic heterocycles. The molecule has 0 heterocycles. The third-order valence-corrected chi connectivity index (χ3v) is 2.36. The minimum atomic E-state index is 0.718. The topological polar surface area (TPSA) is 0 Å². The third-order valence-electron chi connectivity index (χ3n) is 0.0505. The van der Waals surface area contributed by atoms with E-state index < -0.39 is 0 Å². The standard InChI is InChI=1S/CH2BrClSi/c2-4-1-3/h1H2. The van der Waals surface area contributed by atoms with Crippen LogP contribution < -0.4 is 0 Å². The van der Waals surface area contributed by atoms with Gasteiger partial charge in [0.15, 0.2) is 8.14 Å². The molecule has 0 saturated heterocycles. The van der Waals surface area contributed by atoms with Gasteiger partial charge in [-0.1, -0.05) is 0 Å². The quantitative estimate of drug-likeness (QED) is 0.305. The van der Waals surface area contributed by atoms with Gasteiger partial charge in [-0.05, 0) is 0 Å². The molecule has 0 aliphatic carbocycles. The molecule has 0 rings (SSSR count). The molecule has 0 aromatic carbocycles. The second-order valence-electron chi connectivity index (χ2n) is 0.267. The number of rotatable bonds is 1. The molecule has 0 aliphatic heterocycles. The smallest absolute Gasteiger partial charge is 0.130 e. The van der Waals surface area contributed by atoms with Gasteiger partial charge in [0, 0.05) is 5.50 Å². The molecule has 0 fully saturated rings. The first-order valence-electron chi connectivity index (χ1n) is 0.810. The average molecular weight is 157 g/mol. The lowest BCUT2D eigenvalue weighted by molar-refractivity contribution is 2.19. The highest BCUT2D eigenvalue weighted by atomic mass is 79.9. The van der Waals surface area contributed by atoms with E-state index in [-0.39, 0.29) is 0 Å². The number of hydrogen-bond donors (Lipinski definition) is 0. The molecule has 0 unspecified atom stereocenters. The first kappa shape index (κ1) is 4.99. The molecule has 0 N–H and O–H groups in total. The minimum Gasteiger partial charge on any atom is -0.130 e. The van der Waals surface area contributed by atoms with Gasteiger partial charge < -0.3 is 0 Å². The summed E-state index contributed by atoms with van der Waals surface area (Å²) in [4.78, 5) is 0. The van der Waals surface area contributed by atoms with Gasteiger partial charge in [0.1, 0.15) is 0 Å². The molecule has 0 saturated carbocycles. The van der Waals surface area contributed by atoms with Gasteiger partial charge in [-0.2, -0.15) is 0 Å². The van der Waals surface area contributed by atoms with E-state index in [0.717, 1.165) is 13.6 Å². The Morgan fingerprint density at radius 2 is 2.25 bits per heavy atom. The van der Waals surface area contributed by atoms with Crippen LogP contribution in [0.3, 0.4) is 0 Å². The molecular formula is CH2BrClSi. The van der Waals surface area contributed by atoms with E-state index in [0.29, 0.717) is 0 Å². The highest BCUT2D eigenvalue weighted by Gasteiger charge is 1.65. The van der Waals surface area contributed by atoms with Crippen LogP contribution in [0.25, 0.3) is 0 Å². The summed E-state index contributed by atoms with van der Waals surface area (Å²) < 4.78 is 0. The summed E-state index contributed by atoms with van der Waals surface area (Å²) in [6.07, 6.45) is 0. The Morgan fingerprint density at radius 1 is 2.00 bits per heavy atom. The van der Waals surface area contributed by atoms with Crippen LogP contribution in [0.4, 0.5) is 0 Å². The zero-order chi connectivity index (χ0) is 3.41. The molecule has 2 radical (unpaired) electrons. The predicted octanol–water partition coefficient (Wildman–Crippen LogP) is 1.20. The highest BCUT2D eigenvalue weighted by Crippen LogP contribution is 1.74. The van der Waals surface area contributed by atoms with Gasteiger partial charge >= 0.3 is 0 Å². The van der Waals surface area contributed by atoms with Crippen LogP contribution in [0.15, 0.2) is 0 Å². The molecule has 0 amide bonds. The van der Waals surface area contributed by atoms with Crippen molar-refractivity contribution in [2.75, 3.05) is 5.50 Å². The van der Waals surface area contributed by atoms with Crippen LogP contribution in [0.2, 0.25) is 0 Å². The van der Waals surface area contributed by atoms with Crippen molar-refractivity contribution < 1.29 is 0 Å². The zero-order valence-corrected chi connectivity index (χ0v) is 5.30. The van der Waals surface area contributed by atoms with E-state index in [4.69, 9.17) is 11.6 Å². The van der Waals surface area contributed by atoms with Crippen LogP contribution in [-0.2, 0) is 0 Å². The van der Waals surface area contributed by atoms with Gasteiger partial charge in [0.25, 0.3) is 0 Å². The summed E-state index contributed by atoms with van der Waals surface area (Å²) in [5.74, 6) is 0. The number of hydrogen-bond acceptors (Lipinski definition) is 0. The van der Waals surface area contributed by atoms with Crippen molar-refractivity contribution in [3.05, 3.63) is 0 Å². The lowest BCUT2D eigenvalue weighted by atomic mass is 11.9. The van der Waals surface area contributed by atoms with E-state index in [9.17, 15) is 0 Å². The summed E-state index contributed by atoms with van der Waals surface area (Å²) in [6, 6.07) is 0. The van der Waals surface area contributed by atoms with Crippen molar-refractivity contribution >= 4 is 35.0 Å². The second-order valence-corrected chi connectivity index (χ2v) is 3.29. The van der Waals surface area contributed by atoms with Crippen molar-refractivity contribution in [2.45, 2.75) is 0 Å². The maximum absolute atomic E-state index is 5.15. The monoisotopic (exact) mass is 156 g/mol. The first-order valence-corrected chi connectivity index (χ1v) is 4.81. The van der Waals surface area contributed by atoms with Crippen molar-refractivity contribution in [3.8, 4) is 0 Å². The van der Waals surface area contributed by atoms with E-state index in [1.165, 1.54) is 0 Å². The van der Waals surface area contributed by atoms with E-state index in [2.05, 4.69) is 15.3 Å². The second kappa shape index (κ2) is 3.99. The van der Waals surface area contributed by atoms with Crippen molar-refractivity contribution in [1.82, 2.24) is 0 Å². The Balaban J connectivity index is 1.97. The maximum Gasteiger partial charge on any atom is 0.153 e. The molecule has 0 spiro atoms. The van der Waals surface area contributed by atoms with Crippen LogP contribution in [0, 0.1) is 0 Å². The number of halogens is 2. The maximum atomic E-state index is 5.15. The zero-order valence-electron chi connectivity index (χ0n) is 1.96. The Labute approximate surface area is 40.9 Å². The molecule has 24 valence electrons. The van der Waals surface area contributed by atoms with Crippen LogP contribution in [0.1, 0.15) is 0 Å². The van der Waals surface area contributed by atoms with Crippen molar-refractivity contribution in [2.24, 2.45) is 0 Å². The molecule has 0 aromatic rings. The van der Waals surface area contributed by atoms with Gasteiger partial charge in [0.2, 0.25) is 0 Å². The Hall–Kier alpha value is 0.987. The largest absolute Gasteiger partial charge is 0.153 e. The van der Waals surface area contributed by atoms with Gasteiger partial charge in [-0.15, -0.1) is 26.9 Å². The van der Waals surface area contributed by atoms with Crippen molar-refractivity contribution in [1.29, 1.82) is 0 Å². The van der Waals surface area contributed by atoms with E-state index in [1.807, 2.05) is 0 Å². The summed E-state index contributed by atoms with van der Waals surface area (Å²) >= 11 is 8.30. The lowest BCUT2D eigenvalue weighted by Crippen LogP contribution is -1.70. The van der Waals surface area contributed by atoms with Crippen LogP contribution in [0.5, 0.6) is 0 Å². The Morgan fingerprint density at radius 3 is 2.25 bits per heavy atom. The SMILES string of the molecule is ClC[Si]Br. The Kier molecular flexibility index (Phi) is 4.97. The third kappa shape index (κ3) is 2.99. The highest BCUT2D eigenvalue weighted by molar-refractivity contribution is 9.23. The Bertz CT molecular complexity index is 10.0. The normalized spacial score (nSPS) is 7.50. The van der Waals surface area contributed by atoms with E-state index >= 15 is 0 Å². The van der Waals surface area contributed by atoms with Gasteiger partial charge in [-0.3, -0.25) is 0 Å². The molecule has 3 heteroatoms. The minimum absolute atomic E-state index is 0.718. The van der Waals surface area contributed by atoms with Gasteiger partial charge in [-0.25, -0.2) is 0 Å². The van der Waals surface area contributed by atoms with Gasteiger partial charge in [0.05, 0.1) is 0 Å². The number of alkyl halides is 1. The molecule has 0 nitrogen and oxygen atoms in total. The fourth-order valence-electron chi connectivity index (χ4n) is 0. The molecule has 0 bridgehead atoms. The molecule has 0 aliphatic rings. The molecule has 0 atom stereocenters. The summed E-state index contributed by atoms with van der Waals surface area (Å²) in [5.41, 5.74) is 0.736. The summed E-state index contributed by atoms with van der Waals surface area (Å²) in [6.45, 7) is 0. The van der Waals surface area contributed by atoms with Crippen LogP contribution in [-0.4, -0.2) is 13.6 Å². The average Bonchev–Trinajstić information content (AvgIpc) is 1.37. The van der Waals surface area contributed by atoms with Crippen LogP contribution >= 0.6 is 26.9 Å². The lowest BCUT2D eigenvalue weighted by Gasteiger charge is -1.59. The van der Waals surface area contributed by atoms with Crippen molar-refractivity contribution in [3.63, 3.8) is 0 Å². The fraction of sp³-hybridized carbons (Fsp3) is 1.00. The first-order chi connectivity index (χ1) is 1.91. The van der Waals surface area contributed by atoms with E-state index in [1.54, 1.807) is 0 Å².